The van der Waals surface area contributed by atoms with Crippen LogP contribution in [0, 0.1) is 0 Å². The first kappa shape index (κ1) is 19.3. The molecule has 0 aliphatic heterocycles. The molecule has 0 aliphatic carbocycles. The molecular formula is C19H20N2O4S2. The number of carbonyl (C=O) groups is 1. The maximum absolute atomic E-state index is 12.3. The smallest absolute Gasteiger partial charge is 0.286 e. The summed E-state index contributed by atoms with van der Waals surface area (Å²) in [5.41, 5.74) is 0.866. The van der Waals surface area contributed by atoms with E-state index in [4.69, 9.17) is 4.74 Å². The van der Waals surface area contributed by atoms with Gasteiger partial charge in [-0.1, -0.05) is 36.5 Å². The molecule has 1 amide bonds. The number of sulfone groups is 1. The quantitative estimate of drug-likeness (QED) is 0.633. The minimum atomic E-state index is -3.29. The van der Waals surface area contributed by atoms with Gasteiger partial charge in [0, 0.05) is 12.8 Å². The standard InChI is InChI=1S/C19H20N2O4S2/c1-3-11-21-16-10-9-15(27(2,23)24)12-17(16)26-19(21)20-18(22)13-25-14-7-5-4-6-8-14/h4-10,12H,3,11,13H2,1-2H3. The summed E-state index contributed by atoms with van der Waals surface area (Å²) in [6, 6.07) is 14.1. The zero-order chi connectivity index (χ0) is 19.4. The molecule has 2 aromatic carbocycles. The number of nitrogens with zero attached hydrogens (tertiary/aromatic N) is 2. The Morgan fingerprint density at radius 2 is 1.93 bits per heavy atom. The molecule has 6 nitrogen and oxygen atoms in total. The molecule has 0 saturated heterocycles. The van der Waals surface area contributed by atoms with Crippen LogP contribution in [0.4, 0.5) is 0 Å². The first-order valence-corrected chi connectivity index (χ1v) is 11.2. The Balaban J connectivity index is 1.95. The van der Waals surface area contributed by atoms with Crippen LogP contribution in [-0.4, -0.2) is 31.8 Å². The van der Waals surface area contributed by atoms with E-state index in [0.29, 0.717) is 17.1 Å². The summed E-state index contributed by atoms with van der Waals surface area (Å²) in [5, 5.41) is 0. The molecule has 0 aliphatic rings. The zero-order valence-corrected chi connectivity index (χ0v) is 16.7. The molecule has 142 valence electrons. The van der Waals surface area contributed by atoms with Crippen LogP contribution in [0.1, 0.15) is 13.3 Å². The average molecular weight is 405 g/mol. The van der Waals surface area contributed by atoms with Crippen molar-refractivity contribution in [2.45, 2.75) is 24.8 Å². The summed E-state index contributed by atoms with van der Waals surface area (Å²) in [6.07, 6.45) is 2.04. The molecule has 0 atom stereocenters. The Labute approximate surface area is 161 Å². The van der Waals surface area contributed by atoms with Crippen LogP contribution >= 0.6 is 11.3 Å². The number of amides is 1. The van der Waals surface area contributed by atoms with Crippen LogP contribution in [0.15, 0.2) is 58.4 Å². The van der Waals surface area contributed by atoms with E-state index in [1.54, 1.807) is 30.3 Å². The maximum atomic E-state index is 12.3. The molecular weight excluding hydrogens is 384 g/mol. The van der Waals surface area contributed by atoms with Gasteiger partial charge in [0.1, 0.15) is 5.75 Å². The van der Waals surface area contributed by atoms with E-state index in [2.05, 4.69) is 4.99 Å². The van der Waals surface area contributed by atoms with Crippen LogP contribution in [-0.2, 0) is 21.2 Å². The predicted molar refractivity (Wildman–Crippen MR) is 106 cm³/mol. The first-order valence-electron chi connectivity index (χ1n) is 8.47. The van der Waals surface area contributed by atoms with Crippen molar-refractivity contribution >= 4 is 37.3 Å². The van der Waals surface area contributed by atoms with E-state index in [-0.39, 0.29) is 11.5 Å². The molecule has 0 radical (unpaired) electrons. The number of hydrogen-bond acceptors (Lipinski definition) is 5. The number of rotatable bonds is 6. The van der Waals surface area contributed by atoms with Crippen molar-refractivity contribution in [3.8, 4) is 5.75 Å². The van der Waals surface area contributed by atoms with Crippen molar-refractivity contribution in [3.63, 3.8) is 0 Å². The van der Waals surface area contributed by atoms with Gasteiger partial charge in [-0.2, -0.15) is 4.99 Å². The van der Waals surface area contributed by atoms with Crippen LogP contribution in [0.5, 0.6) is 5.75 Å². The Kier molecular flexibility index (Phi) is 5.76. The third-order valence-electron chi connectivity index (χ3n) is 3.86. The molecule has 0 unspecified atom stereocenters. The lowest BCUT2D eigenvalue weighted by molar-refractivity contribution is -0.120. The van der Waals surface area contributed by atoms with E-state index < -0.39 is 15.7 Å². The monoisotopic (exact) mass is 404 g/mol. The summed E-state index contributed by atoms with van der Waals surface area (Å²) in [7, 11) is -3.29. The summed E-state index contributed by atoms with van der Waals surface area (Å²) in [5.74, 6) is 0.218. The highest BCUT2D eigenvalue weighted by molar-refractivity contribution is 7.90. The minimum absolute atomic E-state index is 0.154. The van der Waals surface area contributed by atoms with Crippen LogP contribution < -0.4 is 9.54 Å². The lowest BCUT2D eigenvalue weighted by atomic mass is 10.3. The number of aryl methyl sites for hydroxylation is 1. The number of carbonyl (C=O) groups excluding carboxylic acids is 1. The summed E-state index contributed by atoms with van der Waals surface area (Å²) < 4.78 is 31.8. The van der Waals surface area contributed by atoms with Crippen LogP contribution in [0.3, 0.4) is 0 Å². The average Bonchev–Trinajstić information content (AvgIpc) is 2.97. The van der Waals surface area contributed by atoms with Gasteiger partial charge in [0.25, 0.3) is 5.91 Å². The van der Waals surface area contributed by atoms with Gasteiger partial charge in [0.2, 0.25) is 0 Å². The fourth-order valence-corrected chi connectivity index (χ4v) is 4.44. The van der Waals surface area contributed by atoms with Gasteiger partial charge in [-0.25, -0.2) is 8.42 Å². The molecule has 0 N–H and O–H groups in total. The molecule has 1 aromatic heterocycles. The number of ether oxygens (including phenoxy) is 1. The van der Waals surface area contributed by atoms with E-state index in [9.17, 15) is 13.2 Å². The largest absolute Gasteiger partial charge is 0.484 e. The highest BCUT2D eigenvalue weighted by Crippen LogP contribution is 2.22. The summed E-state index contributed by atoms with van der Waals surface area (Å²) >= 11 is 1.30. The van der Waals surface area contributed by atoms with Gasteiger partial charge in [0.05, 0.1) is 15.1 Å². The van der Waals surface area contributed by atoms with Crippen molar-refractivity contribution in [3.05, 3.63) is 53.3 Å². The van der Waals surface area contributed by atoms with Crippen molar-refractivity contribution in [1.82, 2.24) is 4.57 Å². The Hall–Kier alpha value is -2.45. The van der Waals surface area contributed by atoms with Gasteiger partial charge in [-0.05, 0) is 36.8 Å². The Morgan fingerprint density at radius 3 is 2.59 bits per heavy atom. The predicted octanol–water partition coefficient (Wildman–Crippen LogP) is 3.02. The number of thiazole rings is 1. The first-order chi connectivity index (χ1) is 12.9. The number of fused-ring (bicyclic) bond motifs is 1. The van der Waals surface area contributed by atoms with Gasteiger partial charge in [0.15, 0.2) is 21.2 Å². The second-order valence-electron chi connectivity index (χ2n) is 6.05. The normalized spacial score (nSPS) is 12.4. The molecule has 1 heterocycles. The third kappa shape index (κ3) is 4.64. The van der Waals surface area contributed by atoms with Crippen molar-refractivity contribution in [2.75, 3.05) is 12.9 Å². The van der Waals surface area contributed by atoms with Crippen molar-refractivity contribution in [2.24, 2.45) is 4.99 Å². The Bertz CT molecular complexity index is 1130. The van der Waals surface area contributed by atoms with Crippen molar-refractivity contribution in [1.29, 1.82) is 0 Å². The Morgan fingerprint density at radius 1 is 1.19 bits per heavy atom. The van der Waals surface area contributed by atoms with Gasteiger partial charge < -0.3 is 9.30 Å². The van der Waals surface area contributed by atoms with E-state index in [0.717, 1.165) is 16.6 Å². The summed E-state index contributed by atoms with van der Waals surface area (Å²) in [6.45, 7) is 2.56. The van der Waals surface area contributed by atoms with Gasteiger partial charge in [-0.15, -0.1) is 0 Å². The number of aromatic nitrogens is 1. The molecule has 0 bridgehead atoms. The van der Waals surface area contributed by atoms with Gasteiger partial charge in [-0.3, -0.25) is 4.79 Å². The highest BCUT2D eigenvalue weighted by Gasteiger charge is 2.12. The van der Waals surface area contributed by atoms with Crippen LogP contribution in [0.2, 0.25) is 0 Å². The summed E-state index contributed by atoms with van der Waals surface area (Å²) in [4.78, 5) is 17.2. The van der Waals surface area contributed by atoms with E-state index in [1.165, 1.54) is 17.6 Å². The van der Waals surface area contributed by atoms with Crippen LogP contribution in [0.25, 0.3) is 10.2 Å². The number of para-hydroxylation sites is 1. The molecule has 0 spiro atoms. The number of benzene rings is 2. The fourth-order valence-electron chi connectivity index (χ4n) is 2.61. The molecule has 27 heavy (non-hydrogen) atoms. The zero-order valence-electron chi connectivity index (χ0n) is 15.1. The van der Waals surface area contributed by atoms with E-state index in [1.807, 2.05) is 29.7 Å². The SMILES string of the molecule is CCCn1c(=NC(=O)COc2ccccc2)sc2cc(S(C)(=O)=O)ccc21. The second-order valence-corrected chi connectivity index (χ2v) is 9.07. The van der Waals surface area contributed by atoms with E-state index >= 15 is 0 Å². The lowest BCUT2D eigenvalue weighted by Gasteiger charge is -2.04. The topological polar surface area (TPSA) is 77.7 Å². The molecule has 3 aromatic rings. The van der Waals surface area contributed by atoms with Gasteiger partial charge >= 0.3 is 0 Å². The molecule has 0 saturated carbocycles. The minimum Gasteiger partial charge on any atom is -0.484 e. The second kappa shape index (κ2) is 8.06. The molecule has 8 heteroatoms. The highest BCUT2D eigenvalue weighted by atomic mass is 32.2. The third-order valence-corrected chi connectivity index (χ3v) is 6.01. The maximum Gasteiger partial charge on any atom is 0.286 e. The lowest BCUT2D eigenvalue weighted by Crippen LogP contribution is -2.19. The molecule has 0 fully saturated rings. The fraction of sp³-hybridized carbons (Fsp3) is 0.263. The number of hydrogen-bond donors (Lipinski definition) is 0. The molecule has 3 rings (SSSR count). The van der Waals surface area contributed by atoms with Crippen molar-refractivity contribution < 1.29 is 17.9 Å².